The third kappa shape index (κ3) is 5.44. The minimum Gasteiger partial charge on any atom is -0.306 e. The van der Waals surface area contributed by atoms with Crippen LogP contribution in [-0.4, -0.2) is 10.9 Å². The molecule has 0 aliphatic rings. The molecule has 0 spiro atoms. The molecule has 0 radical (unpaired) electrons. The smallest absolute Gasteiger partial charge is 0.306 e. The number of halogens is 3. The topological polar surface area (TPSA) is 42.0 Å². The molecule has 0 aliphatic heterocycles. The first-order chi connectivity index (χ1) is 12.0. The van der Waals surface area contributed by atoms with Gasteiger partial charge in [-0.1, -0.05) is 45.1 Å². The van der Waals surface area contributed by atoms with Crippen molar-refractivity contribution in [3.63, 3.8) is 0 Å². The minimum atomic E-state index is -4.46. The van der Waals surface area contributed by atoms with Gasteiger partial charge in [-0.2, -0.15) is 13.2 Å². The number of rotatable bonds is 3. The van der Waals surface area contributed by atoms with E-state index < -0.39 is 17.6 Å². The predicted octanol–water partition coefficient (Wildman–Crippen LogP) is 5.72. The van der Waals surface area contributed by atoms with E-state index in [2.05, 4.69) is 37.1 Å². The predicted molar refractivity (Wildman–Crippen MR) is 96.9 cm³/mol. The molecule has 6 heteroatoms. The number of amides is 1. The van der Waals surface area contributed by atoms with Crippen LogP contribution in [0, 0.1) is 12.3 Å². The van der Waals surface area contributed by atoms with E-state index in [1.165, 1.54) is 6.92 Å². The highest BCUT2D eigenvalue weighted by Gasteiger charge is 2.31. The monoisotopic (exact) mass is 362 g/mol. The van der Waals surface area contributed by atoms with Crippen molar-refractivity contribution in [1.82, 2.24) is 4.98 Å². The van der Waals surface area contributed by atoms with Gasteiger partial charge in [0.25, 0.3) is 5.91 Å². The van der Waals surface area contributed by atoms with Crippen molar-refractivity contribution in [2.24, 2.45) is 5.41 Å². The van der Waals surface area contributed by atoms with Crippen LogP contribution >= 0.6 is 0 Å². The summed E-state index contributed by atoms with van der Waals surface area (Å²) in [6, 6.07) is 7.91. The number of nitrogens with one attached hydrogen (secondary N) is 1. The molecule has 0 unspecified atom stereocenters. The van der Waals surface area contributed by atoms with Crippen LogP contribution in [0.1, 0.15) is 47.8 Å². The van der Waals surface area contributed by atoms with Gasteiger partial charge in [0.15, 0.2) is 0 Å². The fraction of sp³-hybridized carbons (Fsp3) is 0.300. The Labute approximate surface area is 151 Å². The number of nitrogens with zero attached hydrogens (tertiary/aromatic N) is 1. The normalized spacial score (nSPS) is 12.4. The lowest BCUT2D eigenvalue weighted by Gasteiger charge is -2.12. The van der Waals surface area contributed by atoms with Crippen LogP contribution in [0.4, 0.5) is 19.0 Å². The Bertz CT molecular complexity index is 816. The van der Waals surface area contributed by atoms with Crippen LogP contribution in [0.2, 0.25) is 0 Å². The molecule has 0 saturated carbocycles. The number of hydrogen-bond acceptors (Lipinski definition) is 2. The fourth-order valence-electron chi connectivity index (χ4n) is 2.13. The van der Waals surface area contributed by atoms with E-state index in [1.54, 1.807) is 12.1 Å². The molecule has 1 aromatic carbocycles. The molecular formula is C20H21F3N2O. The van der Waals surface area contributed by atoms with Crippen LogP contribution in [0.5, 0.6) is 0 Å². The number of alkyl halides is 3. The van der Waals surface area contributed by atoms with Crippen molar-refractivity contribution in [2.75, 3.05) is 5.32 Å². The van der Waals surface area contributed by atoms with Crippen molar-refractivity contribution in [3.05, 3.63) is 64.9 Å². The average Bonchev–Trinajstić information content (AvgIpc) is 2.53. The standard InChI is InChI=1S/C20H21F3N2O/c1-13-11-16(20(21,22)23)12-24-17(13)25-18(26)15-7-5-14(6-8-15)9-10-19(2,3)4/h5-12H,1-4H3,(H,24,25,26)/b10-9+. The van der Waals surface area contributed by atoms with E-state index in [0.717, 1.165) is 11.6 Å². The summed E-state index contributed by atoms with van der Waals surface area (Å²) in [5, 5.41) is 2.55. The molecule has 2 rings (SSSR count). The number of hydrogen-bond donors (Lipinski definition) is 1. The van der Waals surface area contributed by atoms with Gasteiger partial charge in [0.1, 0.15) is 5.82 Å². The van der Waals surface area contributed by atoms with Gasteiger partial charge in [0.05, 0.1) is 5.56 Å². The molecule has 26 heavy (non-hydrogen) atoms. The molecule has 0 saturated heterocycles. The zero-order valence-corrected chi connectivity index (χ0v) is 15.1. The maximum atomic E-state index is 12.7. The Kier molecular flexibility index (Phi) is 5.54. The summed E-state index contributed by atoms with van der Waals surface area (Å²) in [5.41, 5.74) is 0.821. The summed E-state index contributed by atoms with van der Waals surface area (Å²) in [4.78, 5) is 16.0. The molecule has 1 N–H and O–H groups in total. The lowest BCUT2D eigenvalue weighted by molar-refractivity contribution is -0.137. The quantitative estimate of drug-likeness (QED) is 0.759. The van der Waals surface area contributed by atoms with Crippen molar-refractivity contribution in [2.45, 2.75) is 33.9 Å². The lowest BCUT2D eigenvalue weighted by Crippen LogP contribution is -2.15. The maximum absolute atomic E-state index is 12.7. The van der Waals surface area contributed by atoms with Gasteiger partial charge in [0.2, 0.25) is 0 Å². The molecule has 1 amide bonds. The van der Waals surface area contributed by atoms with Crippen molar-refractivity contribution < 1.29 is 18.0 Å². The molecule has 1 aromatic heterocycles. The Morgan fingerprint density at radius 1 is 1.12 bits per heavy atom. The van der Waals surface area contributed by atoms with Gasteiger partial charge in [-0.25, -0.2) is 4.98 Å². The Morgan fingerprint density at radius 3 is 2.23 bits per heavy atom. The molecular weight excluding hydrogens is 341 g/mol. The van der Waals surface area contributed by atoms with Gasteiger partial charge in [-0.3, -0.25) is 4.79 Å². The second-order valence-corrected chi connectivity index (χ2v) is 7.16. The van der Waals surface area contributed by atoms with Gasteiger partial charge in [0, 0.05) is 11.8 Å². The van der Waals surface area contributed by atoms with Crippen molar-refractivity contribution >= 4 is 17.8 Å². The third-order valence-electron chi connectivity index (χ3n) is 3.59. The molecule has 0 atom stereocenters. The van der Waals surface area contributed by atoms with Crippen LogP contribution in [-0.2, 0) is 6.18 Å². The highest BCUT2D eigenvalue weighted by Crippen LogP contribution is 2.30. The number of pyridine rings is 1. The summed E-state index contributed by atoms with van der Waals surface area (Å²) in [6.07, 6.45) is 0.292. The highest BCUT2D eigenvalue weighted by atomic mass is 19.4. The Balaban J connectivity index is 2.12. The van der Waals surface area contributed by atoms with Crippen molar-refractivity contribution in [1.29, 1.82) is 0 Å². The van der Waals surface area contributed by atoms with Crippen LogP contribution < -0.4 is 5.32 Å². The van der Waals surface area contributed by atoms with E-state index in [4.69, 9.17) is 0 Å². The first-order valence-corrected chi connectivity index (χ1v) is 8.10. The third-order valence-corrected chi connectivity index (χ3v) is 3.59. The molecule has 0 fully saturated rings. The van der Waals surface area contributed by atoms with E-state index in [0.29, 0.717) is 11.8 Å². The van der Waals surface area contributed by atoms with E-state index in [1.807, 2.05) is 18.2 Å². The largest absolute Gasteiger partial charge is 0.417 e. The molecule has 0 aliphatic carbocycles. The molecule has 0 bridgehead atoms. The zero-order valence-electron chi connectivity index (χ0n) is 15.1. The second-order valence-electron chi connectivity index (χ2n) is 7.16. The number of anilines is 1. The van der Waals surface area contributed by atoms with Gasteiger partial charge in [-0.15, -0.1) is 0 Å². The first kappa shape index (κ1) is 19.7. The number of aryl methyl sites for hydroxylation is 1. The van der Waals surface area contributed by atoms with E-state index >= 15 is 0 Å². The lowest BCUT2D eigenvalue weighted by atomic mass is 9.95. The number of aromatic nitrogens is 1. The summed E-state index contributed by atoms with van der Waals surface area (Å²) >= 11 is 0. The molecule has 138 valence electrons. The summed E-state index contributed by atoms with van der Waals surface area (Å²) in [7, 11) is 0. The minimum absolute atomic E-state index is 0.0574. The van der Waals surface area contributed by atoms with Crippen LogP contribution in [0.3, 0.4) is 0 Å². The zero-order chi connectivity index (χ0) is 19.5. The average molecular weight is 362 g/mol. The Hall–Kier alpha value is -2.63. The molecule has 3 nitrogen and oxygen atoms in total. The first-order valence-electron chi connectivity index (χ1n) is 8.10. The summed E-state index contributed by atoms with van der Waals surface area (Å²) in [5.74, 6) is -0.314. The highest BCUT2D eigenvalue weighted by molar-refractivity contribution is 6.04. The number of allylic oxidation sites excluding steroid dienone is 1. The molecule has 2 aromatic rings. The SMILES string of the molecule is Cc1cc(C(F)(F)F)cnc1NC(=O)c1ccc(/C=C/C(C)(C)C)cc1. The van der Waals surface area contributed by atoms with Gasteiger partial charge in [-0.05, 0) is 41.7 Å². The van der Waals surface area contributed by atoms with Crippen LogP contribution in [0.25, 0.3) is 6.08 Å². The second kappa shape index (κ2) is 7.32. The summed E-state index contributed by atoms with van der Waals surface area (Å²) in [6.45, 7) is 7.73. The van der Waals surface area contributed by atoms with Gasteiger partial charge < -0.3 is 5.32 Å². The van der Waals surface area contributed by atoms with E-state index in [9.17, 15) is 18.0 Å². The number of carbonyl (C=O) groups is 1. The molecule has 1 heterocycles. The van der Waals surface area contributed by atoms with Gasteiger partial charge >= 0.3 is 6.18 Å². The number of benzene rings is 1. The fourth-order valence-corrected chi connectivity index (χ4v) is 2.13. The summed E-state index contributed by atoms with van der Waals surface area (Å²) < 4.78 is 38.0. The van der Waals surface area contributed by atoms with Crippen molar-refractivity contribution in [3.8, 4) is 0 Å². The maximum Gasteiger partial charge on any atom is 0.417 e. The number of carbonyl (C=O) groups excluding carboxylic acids is 1. The van der Waals surface area contributed by atoms with Crippen LogP contribution in [0.15, 0.2) is 42.6 Å². The van der Waals surface area contributed by atoms with E-state index in [-0.39, 0.29) is 16.8 Å². The Morgan fingerprint density at radius 2 is 1.73 bits per heavy atom.